The molecule has 0 spiro atoms. The summed E-state index contributed by atoms with van der Waals surface area (Å²) in [4.78, 5) is 37.9. The van der Waals surface area contributed by atoms with Crippen LogP contribution >= 0.6 is 0 Å². The number of carbonyl (C=O) groups is 3. The van der Waals surface area contributed by atoms with Crippen LogP contribution in [0, 0.1) is 11.8 Å². The standard InChI is InChI=1S/C19H35N3O3/c1-8-14(6)17(22(10-3)12-23)19(25)21-16(11-13(4)5)15(7)18(24)20-9-2/h12-14,16-17H,7-11H2,1-6H3,(H,20,24)(H,21,25)/t14-,16?,17?/m1/s1. The van der Waals surface area contributed by atoms with Crippen molar-refractivity contribution in [2.45, 2.75) is 66.5 Å². The van der Waals surface area contributed by atoms with Gasteiger partial charge in [0.15, 0.2) is 0 Å². The topological polar surface area (TPSA) is 78.5 Å². The average Bonchev–Trinajstić information content (AvgIpc) is 2.57. The number of hydrogen-bond donors (Lipinski definition) is 2. The molecule has 0 rings (SSSR count). The highest BCUT2D eigenvalue weighted by Gasteiger charge is 2.31. The number of hydrogen-bond acceptors (Lipinski definition) is 3. The molecule has 2 unspecified atom stereocenters. The van der Waals surface area contributed by atoms with E-state index in [2.05, 4.69) is 17.2 Å². The number of nitrogens with zero attached hydrogens (tertiary/aromatic N) is 1. The molecule has 6 nitrogen and oxygen atoms in total. The lowest BCUT2D eigenvalue weighted by molar-refractivity contribution is -0.135. The SMILES string of the molecule is C=C(C(=O)NCC)C(CC(C)C)NC(=O)C([C@H](C)CC)N(C=O)CC. The van der Waals surface area contributed by atoms with Gasteiger partial charge < -0.3 is 15.5 Å². The third-order valence-electron chi connectivity index (χ3n) is 4.38. The first-order valence-electron chi connectivity index (χ1n) is 9.21. The second kappa shape index (κ2) is 11.7. The molecule has 6 heteroatoms. The summed E-state index contributed by atoms with van der Waals surface area (Å²) in [6, 6.07) is -1.000. The van der Waals surface area contributed by atoms with Crippen molar-refractivity contribution in [2.24, 2.45) is 11.8 Å². The first-order valence-corrected chi connectivity index (χ1v) is 9.21. The van der Waals surface area contributed by atoms with Gasteiger partial charge in [0.05, 0.1) is 6.04 Å². The van der Waals surface area contributed by atoms with Crippen LogP contribution in [0.1, 0.15) is 54.4 Å². The molecule has 0 radical (unpaired) electrons. The molecule has 0 bridgehead atoms. The lowest BCUT2D eigenvalue weighted by Gasteiger charge is -2.33. The monoisotopic (exact) mass is 353 g/mol. The van der Waals surface area contributed by atoms with E-state index in [1.807, 2.05) is 41.5 Å². The van der Waals surface area contributed by atoms with E-state index in [4.69, 9.17) is 0 Å². The minimum absolute atomic E-state index is 0.0163. The molecule has 0 heterocycles. The zero-order chi connectivity index (χ0) is 19.6. The summed E-state index contributed by atoms with van der Waals surface area (Å²) in [6.07, 6.45) is 2.10. The van der Waals surface area contributed by atoms with Crippen molar-refractivity contribution in [3.63, 3.8) is 0 Å². The molecule has 0 saturated heterocycles. The summed E-state index contributed by atoms with van der Waals surface area (Å²) in [7, 11) is 0. The summed E-state index contributed by atoms with van der Waals surface area (Å²) in [5.41, 5.74) is 0.348. The molecule has 0 aliphatic rings. The molecular weight excluding hydrogens is 318 g/mol. The Bertz CT molecular complexity index is 463. The Morgan fingerprint density at radius 2 is 1.76 bits per heavy atom. The highest BCUT2D eigenvalue weighted by Crippen LogP contribution is 2.17. The van der Waals surface area contributed by atoms with E-state index in [1.54, 1.807) is 0 Å². The second-order valence-electron chi connectivity index (χ2n) is 6.84. The fourth-order valence-electron chi connectivity index (χ4n) is 2.75. The smallest absolute Gasteiger partial charge is 0.248 e. The average molecular weight is 354 g/mol. The maximum Gasteiger partial charge on any atom is 0.248 e. The molecular formula is C19H35N3O3. The largest absolute Gasteiger partial charge is 0.353 e. The first kappa shape index (κ1) is 23.1. The van der Waals surface area contributed by atoms with E-state index in [1.165, 1.54) is 4.90 Å². The van der Waals surface area contributed by atoms with Gasteiger partial charge in [-0.1, -0.05) is 40.7 Å². The molecule has 3 atom stereocenters. The van der Waals surface area contributed by atoms with E-state index >= 15 is 0 Å². The summed E-state index contributed by atoms with van der Waals surface area (Å²) < 4.78 is 0. The van der Waals surface area contributed by atoms with Gasteiger partial charge in [-0.15, -0.1) is 0 Å². The predicted molar refractivity (Wildman–Crippen MR) is 101 cm³/mol. The summed E-state index contributed by atoms with van der Waals surface area (Å²) in [5.74, 6) is -0.190. The van der Waals surface area contributed by atoms with Crippen molar-refractivity contribution in [2.75, 3.05) is 13.1 Å². The molecule has 144 valence electrons. The number of amides is 3. The first-order chi connectivity index (χ1) is 11.7. The molecule has 25 heavy (non-hydrogen) atoms. The van der Waals surface area contributed by atoms with Gasteiger partial charge in [-0.3, -0.25) is 14.4 Å². The van der Waals surface area contributed by atoms with E-state index in [-0.39, 0.29) is 23.7 Å². The van der Waals surface area contributed by atoms with Crippen LogP contribution in [0.4, 0.5) is 0 Å². The van der Waals surface area contributed by atoms with Crippen LogP contribution in [0.15, 0.2) is 12.2 Å². The minimum atomic E-state index is -0.552. The van der Waals surface area contributed by atoms with E-state index in [0.717, 1.165) is 6.42 Å². The Labute approximate surface area is 152 Å². The molecule has 0 aliphatic heterocycles. The molecule has 0 aromatic heterocycles. The third-order valence-corrected chi connectivity index (χ3v) is 4.38. The van der Waals surface area contributed by atoms with E-state index in [0.29, 0.717) is 31.5 Å². The van der Waals surface area contributed by atoms with Crippen molar-refractivity contribution < 1.29 is 14.4 Å². The maximum atomic E-state index is 12.9. The Morgan fingerprint density at radius 3 is 2.16 bits per heavy atom. The normalized spacial score (nSPS) is 14.4. The molecule has 2 N–H and O–H groups in total. The van der Waals surface area contributed by atoms with Crippen LogP contribution in [0.25, 0.3) is 0 Å². The lowest BCUT2D eigenvalue weighted by Crippen LogP contribution is -2.53. The summed E-state index contributed by atoms with van der Waals surface area (Å²) in [6.45, 7) is 16.5. The Balaban J connectivity index is 5.40. The highest BCUT2D eigenvalue weighted by molar-refractivity contribution is 5.95. The van der Waals surface area contributed by atoms with E-state index in [9.17, 15) is 14.4 Å². The van der Waals surface area contributed by atoms with Gasteiger partial charge >= 0.3 is 0 Å². The van der Waals surface area contributed by atoms with Gasteiger partial charge in [0.25, 0.3) is 0 Å². The highest BCUT2D eigenvalue weighted by atomic mass is 16.2. The van der Waals surface area contributed by atoms with Crippen LogP contribution in [0.5, 0.6) is 0 Å². The molecule has 0 aromatic carbocycles. The second-order valence-corrected chi connectivity index (χ2v) is 6.84. The van der Waals surface area contributed by atoms with Crippen LogP contribution in [0.3, 0.4) is 0 Å². The molecule has 0 saturated carbocycles. The fraction of sp³-hybridized carbons (Fsp3) is 0.737. The Kier molecular flexibility index (Phi) is 10.8. The van der Waals surface area contributed by atoms with Crippen molar-refractivity contribution in [3.8, 4) is 0 Å². The molecule has 0 fully saturated rings. The Morgan fingerprint density at radius 1 is 1.16 bits per heavy atom. The maximum absolute atomic E-state index is 12.9. The summed E-state index contributed by atoms with van der Waals surface area (Å²) in [5, 5.41) is 5.68. The zero-order valence-electron chi connectivity index (χ0n) is 16.6. The van der Waals surface area contributed by atoms with Gasteiger partial charge in [0, 0.05) is 18.7 Å². The van der Waals surface area contributed by atoms with Gasteiger partial charge in [-0.05, 0) is 32.1 Å². The van der Waals surface area contributed by atoms with Gasteiger partial charge in [-0.25, -0.2) is 0 Å². The molecule has 3 amide bonds. The molecule has 0 aliphatic carbocycles. The quantitative estimate of drug-likeness (QED) is 0.417. The van der Waals surface area contributed by atoms with Crippen molar-refractivity contribution in [3.05, 3.63) is 12.2 Å². The van der Waals surface area contributed by atoms with Gasteiger partial charge in [-0.2, -0.15) is 0 Å². The number of likely N-dealkylation sites (N-methyl/N-ethyl adjacent to an activating group) is 2. The number of carbonyl (C=O) groups excluding carboxylic acids is 3. The van der Waals surface area contributed by atoms with Crippen molar-refractivity contribution in [1.82, 2.24) is 15.5 Å². The third kappa shape index (κ3) is 7.28. The van der Waals surface area contributed by atoms with Crippen molar-refractivity contribution in [1.29, 1.82) is 0 Å². The van der Waals surface area contributed by atoms with E-state index < -0.39 is 12.1 Å². The summed E-state index contributed by atoms with van der Waals surface area (Å²) >= 11 is 0. The number of nitrogens with one attached hydrogen (secondary N) is 2. The minimum Gasteiger partial charge on any atom is -0.353 e. The van der Waals surface area contributed by atoms with Crippen LogP contribution in [0.2, 0.25) is 0 Å². The zero-order valence-corrected chi connectivity index (χ0v) is 16.6. The lowest BCUT2D eigenvalue weighted by atomic mass is 9.94. The van der Waals surface area contributed by atoms with Gasteiger partial charge in [0.1, 0.15) is 6.04 Å². The van der Waals surface area contributed by atoms with Crippen LogP contribution < -0.4 is 10.6 Å². The fourth-order valence-corrected chi connectivity index (χ4v) is 2.75. The van der Waals surface area contributed by atoms with Gasteiger partial charge in [0.2, 0.25) is 18.2 Å². The number of rotatable bonds is 12. The van der Waals surface area contributed by atoms with Crippen LogP contribution in [-0.2, 0) is 14.4 Å². The van der Waals surface area contributed by atoms with Crippen molar-refractivity contribution >= 4 is 18.2 Å². The Hall–Kier alpha value is -1.85. The predicted octanol–water partition coefficient (Wildman–Crippen LogP) is 2.10. The van der Waals surface area contributed by atoms with Crippen LogP contribution in [-0.4, -0.2) is 48.3 Å². The molecule has 0 aromatic rings.